The van der Waals surface area contributed by atoms with Crippen LogP contribution in [0.25, 0.3) is 0 Å². The highest BCUT2D eigenvalue weighted by atomic mass is 35.5. The molecule has 0 saturated carbocycles. The molecule has 23 heavy (non-hydrogen) atoms. The predicted octanol–water partition coefficient (Wildman–Crippen LogP) is 2.28. The standard InChI is InChI=1S/C17H22ClFN2O2/c1-12(22)21-7-5-17(23)4-6-20(10-14(17)11-21)9-13-2-3-15(18)8-16(13)19/h2-3,8,14,23H,4-7,9-11H2,1H3/t14-,17-/m0/s1. The zero-order valence-corrected chi connectivity index (χ0v) is 14.0. The first-order chi connectivity index (χ1) is 10.9. The number of piperidine rings is 2. The van der Waals surface area contributed by atoms with Crippen LogP contribution in [0, 0.1) is 11.7 Å². The highest BCUT2D eigenvalue weighted by Gasteiger charge is 2.45. The minimum atomic E-state index is -0.693. The zero-order chi connectivity index (χ0) is 16.6. The first-order valence-electron chi connectivity index (χ1n) is 8.01. The fraction of sp³-hybridized carbons (Fsp3) is 0.588. The van der Waals surface area contributed by atoms with Crippen LogP contribution in [0.5, 0.6) is 0 Å². The van der Waals surface area contributed by atoms with Crippen molar-refractivity contribution in [2.45, 2.75) is 31.9 Å². The van der Waals surface area contributed by atoms with Crippen molar-refractivity contribution < 1.29 is 14.3 Å². The van der Waals surface area contributed by atoms with Crippen LogP contribution < -0.4 is 0 Å². The minimum Gasteiger partial charge on any atom is -0.389 e. The number of carbonyl (C=O) groups is 1. The summed E-state index contributed by atoms with van der Waals surface area (Å²) in [7, 11) is 0. The van der Waals surface area contributed by atoms with Crippen LogP contribution >= 0.6 is 11.6 Å². The van der Waals surface area contributed by atoms with E-state index in [0.717, 1.165) is 6.54 Å². The molecule has 2 fully saturated rings. The largest absolute Gasteiger partial charge is 0.389 e. The van der Waals surface area contributed by atoms with Crippen molar-refractivity contribution in [2.75, 3.05) is 26.2 Å². The number of likely N-dealkylation sites (tertiary alicyclic amines) is 2. The molecule has 1 amide bonds. The maximum absolute atomic E-state index is 14.0. The predicted molar refractivity (Wildman–Crippen MR) is 86.6 cm³/mol. The molecule has 1 aromatic rings. The van der Waals surface area contributed by atoms with E-state index < -0.39 is 5.60 Å². The van der Waals surface area contributed by atoms with E-state index in [1.54, 1.807) is 24.0 Å². The first kappa shape index (κ1) is 16.7. The number of amides is 1. The molecule has 1 aromatic carbocycles. The van der Waals surface area contributed by atoms with E-state index in [2.05, 4.69) is 4.90 Å². The van der Waals surface area contributed by atoms with Crippen molar-refractivity contribution in [3.05, 3.63) is 34.6 Å². The van der Waals surface area contributed by atoms with Gasteiger partial charge in [-0.25, -0.2) is 4.39 Å². The smallest absolute Gasteiger partial charge is 0.219 e. The van der Waals surface area contributed by atoms with Crippen LogP contribution in [0.4, 0.5) is 4.39 Å². The van der Waals surface area contributed by atoms with Crippen LogP contribution in [-0.2, 0) is 11.3 Å². The number of halogens is 2. The Bertz CT molecular complexity index is 612. The molecule has 3 rings (SSSR count). The number of hydrogen-bond acceptors (Lipinski definition) is 3. The van der Waals surface area contributed by atoms with Gasteiger partial charge < -0.3 is 10.0 Å². The van der Waals surface area contributed by atoms with Gasteiger partial charge >= 0.3 is 0 Å². The summed E-state index contributed by atoms with van der Waals surface area (Å²) in [6.07, 6.45) is 1.29. The molecule has 6 heteroatoms. The lowest BCUT2D eigenvalue weighted by Crippen LogP contribution is -2.60. The summed E-state index contributed by atoms with van der Waals surface area (Å²) < 4.78 is 14.0. The Balaban J connectivity index is 1.69. The lowest BCUT2D eigenvalue weighted by atomic mass is 9.75. The van der Waals surface area contributed by atoms with Crippen LogP contribution in [0.1, 0.15) is 25.3 Å². The molecule has 0 unspecified atom stereocenters. The van der Waals surface area contributed by atoms with E-state index in [1.165, 1.54) is 6.07 Å². The molecular formula is C17H22ClFN2O2. The molecule has 0 radical (unpaired) electrons. The van der Waals surface area contributed by atoms with Gasteiger partial charge in [-0.15, -0.1) is 0 Å². The third kappa shape index (κ3) is 3.52. The topological polar surface area (TPSA) is 43.8 Å². The Hall–Kier alpha value is -1.17. The van der Waals surface area contributed by atoms with Crippen LogP contribution in [0.2, 0.25) is 5.02 Å². The number of fused-ring (bicyclic) bond motifs is 1. The summed E-state index contributed by atoms with van der Waals surface area (Å²) in [4.78, 5) is 15.5. The third-order valence-electron chi connectivity index (χ3n) is 5.21. The maximum Gasteiger partial charge on any atom is 0.219 e. The zero-order valence-electron chi connectivity index (χ0n) is 13.3. The van der Waals surface area contributed by atoms with Gasteiger partial charge in [0.2, 0.25) is 5.91 Å². The van der Waals surface area contributed by atoms with E-state index >= 15 is 0 Å². The Morgan fingerprint density at radius 3 is 2.83 bits per heavy atom. The van der Waals surface area contributed by atoms with E-state index in [1.807, 2.05) is 0 Å². The Morgan fingerprint density at radius 1 is 1.39 bits per heavy atom. The van der Waals surface area contributed by atoms with Crippen molar-refractivity contribution >= 4 is 17.5 Å². The number of benzene rings is 1. The normalized spacial score (nSPS) is 28.5. The van der Waals surface area contributed by atoms with E-state index in [4.69, 9.17) is 11.6 Å². The molecule has 0 spiro atoms. The molecule has 2 atom stereocenters. The average Bonchev–Trinajstić information content (AvgIpc) is 2.49. The SMILES string of the molecule is CC(=O)N1CC[C@@]2(O)CCN(Cc3ccc(Cl)cc3F)C[C@H]2C1. The number of carbonyl (C=O) groups excluding carboxylic acids is 1. The summed E-state index contributed by atoms with van der Waals surface area (Å²) in [5, 5.41) is 11.2. The van der Waals surface area contributed by atoms with Crippen molar-refractivity contribution in [1.82, 2.24) is 9.80 Å². The van der Waals surface area contributed by atoms with Gasteiger partial charge in [0, 0.05) is 56.2 Å². The molecule has 0 aromatic heterocycles. The lowest BCUT2D eigenvalue weighted by Gasteiger charge is -2.50. The van der Waals surface area contributed by atoms with Crippen LogP contribution in [-0.4, -0.2) is 52.6 Å². The number of aliphatic hydroxyl groups is 1. The fourth-order valence-corrected chi connectivity index (χ4v) is 3.85. The summed E-state index contributed by atoms with van der Waals surface area (Å²) in [5.74, 6) is -0.232. The summed E-state index contributed by atoms with van der Waals surface area (Å²) in [6, 6.07) is 4.73. The first-order valence-corrected chi connectivity index (χ1v) is 8.39. The molecular weight excluding hydrogens is 319 g/mol. The number of rotatable bonds is 2. The fourth-order valence-electron chi connectivity index (χ4n) is 3.69. The summed E-state index contributed by atoms with van der Waals surface area (Å²) in [6.45, 7) is 4.65. The third-order valence-corrected chi connectivity index (χ3v) is 5.44. The maximum atomic E-state index is 14.0. The summed E-state index contributed by atoms with van der Waals surface area (Å²) >= 11 is 5.79. The van der Waals surface area contributed by atoms with E-state index in [0.29, 0.717) is 49.6 Å². The van der Waals surface area contributed by atoms with Gasteiger partial charge in [0.05, 0.1) is 5.60 Å². The highest BCUT2D eigenvalue weighted by molar-refractivity contribution is 6.30. The lowest BCUT2D eigenvalue weighted by molar-refractivity contribution is -0.145. The minimum absolute atomic E-state index is 0.0178. The van der Waals surface area contributed by atoms with Crippen LogP contribution in [0.15, 0.2) is 18.2 Å². The average molecular weight is 341 g/mol. The summed E-state index contributed by atoms with van der Waals surface area (Å²) in [5.41, 5.74) is -0.0832. The molecule has 126 valence electrons. The Labute approximate surface area is 140 Å². The highest BCUT2D eigenvalue weighted by Crippen LogP contribution is 2.36. The second-order valence-electron chi connectivity index (χ2n) is 6.74. The Kier molecular flexibility index (Phi) is 4.63. The van der Waals surface area contributed by atoms with Gasteiger partial charge in [0.15, 0.2) is 0 Å². The van der Waals surface area contributed by atoms with Crippen LogP contribution in [0.3, 0.4) is 0 Å². The quantitative estimate of drug-likeness (QED) is 0.898. The monoisotopic (exact) mass is 340 g/mol. The number of nitrogens with zero attached hydrogens (tertiary/aromatic N) is 2. The molecule has 1 N–H and O–H groups in total. The Morgan fingerprint density at radius 2 is 2.13 bits per heavy atom. The van der Waals surface area contributed by atoms with Crippen molar-refractivity contribution in [3.63, 3.8) is 0 Å². The molecule has 2 heterocycles. The van der Waals surface area contributed by atoms with Gasteiger partial charge in [0.1, 0.15) is 5.82 Å². The molecule has 0 aliphatic carbocycles. The van der Waals surface area contributed by atoms with Gasteiger partial charge in [-0.05, 0) is 25.0 Å². The van der Waals surface area contributed by atoms with Crippen molar-refractivity contribution in [2.24, 2.45) is 5.92 Å². The second kappa shape index (κ2) is 6.38. The molecule has 2 aliphatic heterocycles. The second-order valence-corrected chi connectivity index (χ2v) is 7.17. The van der Waals surface area contributed by atoms with Crippen molar-refractivity contribution in [3.8, 4) is 0 Å². The molecule has 2 aliphatic rings. The van der Waals surface area contributed by atoms with Gasteiger partial charge in [-0.3, -0.25) is 9.69 Å². The van der Waals surface area contributed by atoms with E-state index in [9.17, 15) is 14.3 Å². The van der Waals surface area contributed by atoms with Gasteiger partial charge in [0.25, 0.3) is 0 Å². The number of hydrogen-bond donors (Lipinski definition) is 1. The molecule has 0 bridgehead atoms. The van der Waals surface area contributed by atoms with Gasteiger partial charge in [-0.2, -0.15) is 0 Å². The van der Waals surface area contributed by atoms with Gasteiger partial charge in [-0.1, -0.05) is 17.7 Å². The molecule has 2 saturated heterocycles. The van der Waals surface area contributed by atoms with E-state index in [-0.39, 0.29) is 17.6 Å². The van der Waals surface area contributed by atoms with Crippen molar-refractivity contribution in [1.29, 1.82) is 0 Å². The molecule has 4 nitrogen and oxygen atoms in total.